The van der Waals surface area contributed by atoms with Gasteiger partial charge in [-0.05, 0) is 77.9 Å². The monoisotopic (exact) mass is 495 g/mol. The molecule has 1 saturated carbocycles. The molecule has 0 radical (unpaired) electrons. The van der Waals surface area contributed by atoms with E-state index in [1.165, 1.54) is 41.9 Å². The second-order valence-electron chi connectivity index (χ2n) is 10.4. The molecule has 3 fully saturated rings. The van der Waals surface area contributed by atoms with Crippen molar-refractivity contribution in [1.82, 2.24) is 14.4 Å². The van der Waals surface area contributed by atoms with Gasteiger partial charge in [-0.2, -0.15) is 0 Å². The standard InChI is InChI=1S/C25H42N3OPS2/c1-18(2)27-22-10-7-8-11-23(22)28(19(3)4)30(27,29)26-24(21-14-12-20(5)13-15-21)25(6)31-16-9-17-32-25/h12-15,18-19,22-24H,7-11,16-17H2,1-6H3,(H,26,29)/t22-,23-,24-/m1/s1. The van der Waals surface area contributed by atoms with Crippen molar-refractivity contribution in [2.45, 2.75) is 108 Å². The lowest BCUT2D eigenvalue weighted by atomic mass is 9.89. The smallest absolute Gasteiger partial charge is 0.270 e. The molecule has 1 aromatic rings. The normalized spacial score (nSPS) is 29.4. The first-order valence-electron chi connectivity index (χ1n) is 12.5. The van der Waals surface area contributed by atoms with Gasteiger partial charge in [0.1, 0.15) is 0 Å². The Morgan fingerprint density at radius 1 is 0.938 bits per heavy atom. The van der Waals surface area contributed by atoms with Crippen LogP contribution in [0.2, 0.25) is 0 Å². The summed E-state index contributed by atoms with van der Waals surface area (Å²) in [6.45, 7) is 13.4. The molecular weight excluding hydrogens is 453 g/mol. The Morgan fingerprint density at radius 2 is 1.44 bits per heavy atom. The van der Waals surface area contributed by atoms with Crippen LogP contribution in [0, 0.1) is 6.92 Å². The third-order valence-corrected chi connectivity index (χ3v) is 14.0. The summed E-state index contributed by atoms with van der Waals surface area (Å²) in [5, 5.41) is 3.92. The lowest BCUT2D eigenvalue weighted by Gasteiger charge is -2.45. The number of nitrogens with one attached hydrogen (secondary N) is 1. The summed E-state index contributed by atoms with van der Waals surface area (Å²) in [5.41, 5.74) is 2.53. The second kappa shape index (κ2) is 9.95. The van der Waals surface area contributed by atoms with E-state index in [9.17, 15) is 0 Å². The van der Waals surface area contributed by atoms with Gasteiger partial charge >= 0.3 is 0 Å². The summed E-state index contributed by atoms with van der Waals surface area (Å²) in [7, 11) is -2.96. The lowest BCUT2D eigenvalue weighted by Crippen LogP contribution is -2.44. The van der Waals surface area contributed by atoms with Crippen molar-refractivity contribution in [2.75, 3.05) is 11.5 Å². The Morgan fingerprint density at radius 3 is 1.91 bits per heavy atom. The van der Waals surface area contributed by atoms with Crippen LogP contribution in [-0.2, 0) is 4.57 Å². The number of thioether (sulfide) groups is 2. The molecular formula is C25H42N3OPS2. The molecule has 0 bridgehead atoms. The number of rotatable bonds is 6. The molecule has 1 aliphatic carbocycles. The second-order valence-corrected chi connectivity index (χ2v) is 16.1. The van der Waals surface area contributed by atoms with Crippen molar-refractivity contribution in [2.24, 2.45) is 0 Å². The van der Waals surface area contributed by atoms with Gasteiger partial charge in [-0.1, -0.05) is 42.7 Å². The fourth-order valence-electron chi connectivity index (χ4n) is 5.99. The SMILES string of the molecule is Cc1ccc([C@@H](NP2(=O)N(C(C)C)[C@@H]3CCCC[C@H]3N2C(C)C)C2(C)SCCCS2)cc1. The van der Waals surface area contributed by atoms with Crippen LogP contribution in [0.5, 0.6) is 0 Å². The van der Waals surface area contributed by atoms with E-state index in [1.54, 1.807) is 0 Å². The summed E-state index contributed by atoms with van der Waals surface area (Å²) in [5.74, 6) is 2.34. The van der Waals surface area contributed by atoms with Gasteiger partial charge in [-0.15, -0.1) is 23.5 Å². The third kappa shape index (κ3) is 4.62. The summed E-state index contributed by atoms with van der Waals surface area (Å²) < 4.78 is 20.0. The quantitative estimate of drug-likeness (QED) is 0.426. The van der Waals surface area contributed by atoms with Crippen molar-refractivity contribution in [3.8, 4) is 0 Å². The van der Waals surface area contributed by atoms with E-state index in [2.05, 4.69) is 80.2 Å². The molecule has 0 aromatic heterocycles. The fourth-order valence-corrected chi connectivity index (χ4v) is 13.1. The van der Waals surface area contributed by atoms with Crippen LogP contribution in [0.3, 0.4) is 0 Å². The zero-order valence-electron chi connectivity index (χ0n) is 20.7. The third-order valence-electron chi connectivity index (χ3n) is 7.36. The minimum Gasteiger partial charge on any atom is -0.270 e. The maximum Gasteiger partial charge on any atom is 0.285 e. The number of hydrogen-bond donors (Lipinski definition) is 1. The van der Waals surface area contributed by atoms with Crippen molar-refractivity contribution in [1.29, 1.82) is 0 Å². The van der Waals surface area contributed by atoms with E-state index >= 15 is 4.57 Å². The van der Waals surface area contributed by atoms with Gasteiger partial charge in [-0.25, -0.2) is 14.4 Å². The molecule has 0 spiro atoms. The van der Waals surface area contributed by atoms with Gasteiger partial charge in [-0.3, -0.25) is 4.57 Å². The van der Waals surface area contributed by atoms with Crippen LogP contribution in [0.25, 0.3) is 0 Å². The maximum atomic E-state index is 15.3. The van der Waals surface area contributed by atoms with Crippen molar-refractivity contribution >= 4 is 31.1 Å². The fraction of sp³-hybridized carbons (Fsp3) is 0.760. The topological polar surface area (TPSA) is 35.6 Å². The zero-order chi connectivity index (χ0) is 23.1. The van der Waals surface area contributed by atoms with E-state index in [-0.39, 0.29) is 22.2 Å². The highest BCUT2D eigenvalue weighted by Gasteiger charge is 2.58. The highest BCUT2D eigenvalue weighted by Crippen LogP contribution is 2.65. The maximum absolute atomic E-state index is 15.3. The van der Waals surface area contributed by atoms with E-state index in [0.717, 1.165) is 12.8 Å². The summed E-state index contributed by atoms with van der Waals surface area (Å²) >= 11 is 4.08. The minimum atomic E-state index is -2.96. The predicted molar refractivity (Wildman–Crippen MR) is 143 cm³/mol. The van der Waals surface area contributed by atoms with Crippen LogP contribution in [0.4, 0.5) is 0 Å². The first kappa shape index (κ1) is 25.1. The van der Waals surface area contributed by atoms with Gasteiger partial charge in [0.05, 0.1) is 10.1 Å². The lowest BCUT2D eigenvalue weighted by molar-refractivity contribution is 0.173. The summed E-state index contributed by atoms with van der Waals surface area (Å²) in [6, 6.07) is 10.2. The van der Waals surface area contributed by atoms with Gasteiger partial charge < -0.3 is 0 Å². The molecule has 2 saturated heterocycles. The Labute approximate surface area is 204 Å². The Kier molecular flexibility index (Phi) is 7.82. The average Bonchev–Trinajstić information content (AvgIpc) is 3.01. The van der Waals surface area contributed by atoms with Crippen LogP contribution < -0.4 is 5.09 Å². The first-order chi connectivity index (χ1) is 15.2. The molecule has 2 aliphatic heterocycles. The Bertz CT molecular complexity index is 797. The zero-order valence-corrected chi connectivity index (χ0v) is 23.2. The van der Waals surface area contributed by atoms with Crippen molar-refractivity contribution in [3.63, 3.8) is 0 Å². The average molecular weight is 496 g/mol. The molecule has 1 aromatic carbocycles. The minimum absolute atomic E-state index is 0.0342. The molecule has 3 aliphatic rings. The summed E-state index contributed by atoms with van der Waals surface area (Å²) in [4.78, 5) is 0. The first-order valence-corrected chi connectivity index (χ1v) is 16.1. The Balaban J connectivity index is 1.79. The van der Waals surface area contributed by atoms with Crippen LogP contribution in [0.15, 0.2) is 24.3 Å². The highest BCUT2D eigenvalue weighted by molar-refractivity contribution is 8.18. The molecule has 7 heteroatoms. The molecule has 0 amide bonds. The Hall–Kier alpha value is 0.0300. The molecule has 32 heavy (non-hydrogen) atoms. The highest BCUT2D eigenvalue weighted by atomic mass is 32.2. The number of nitrogens with zero attached hydrogens (tertiary/aromatic N) is 2. The summed E-state index contributed by atoms with van der Waals surface area (Å²) in [6.07, 6.45) is 6.08. The van der Waals surface area contributed by atoms with Gasteiger partial charge in [0.2, 0.25) is 0 Å². The van der Waals surface area contributed by atoms with Crippen LogP contribution in [-0.4, -0.2) is 49.1 Å². The molecule has 180 valence electrons. The molecule has 4 rings (SSSR count). The predicted octanol–water partition coefficient (Wildman–Crippen LogP) is 7.07. The molecule has 4 nitrogen and oxygen atoms in total. The van der Waals surface area contributed by atoms with Gasteiger partial charge in [0.15, 0.2) is 0 Å². The van der Waals surface area contributed by atoms with Crippen LogP contribution >= 0.6 is 31.1 Å². The van der Waals surface area contributed by atoms with Crippen LogP contribution in [0.1, 0.15) is 83.9 Å². The van der Waals surface area contributed by atoms with E-state index < -0.39 is 7.59 Å². The number of aryl methyl sites for hydroxylation is 1. The van der Waals surface area contributed by atoms with Gasteiger partial charge in [0.25, 0.3) is 7.59 Å². The van der Waals surface area contributed by atoms with Crippen molar-refractivity contribution in [3.05, 3.63) is 35.4 Å². The number of benzene rings is 1. The molecule has 2 heterocycles. The number of hydrogen-bond acceptors (Lipinski definition) is 3. The largest absolute Gasteiger partial charge is 0.285 e. The van der Waals surface area contributed by atoms with Gasteiger partial charge in [0, 0.05) is 24.2 Å². The van der Waals surface area contributed by atoms with E-state index in [1.807, 2.05) is 23.5 Å². The molecule has 3 atom stereocenters. The molecule has 0 unspecified atom stereocenters. The number of fused-ring (bicyclic) bond motifs is 1. The molecule has 1 N–H and O–H groups in total. The van der Waals surface area contributed by atoms with E-state index in [0.29, 0.717) is 12.1 Å². The van der Waals surface area contributed by atoms with E-state index in [4.69, 9.17) is 0 Å². The van der Waals surface area contributed by atoms with Crippen molar-refractivity contribution < 1.29 is 4.57 Å².